The van der Waals surface area contributed by atoms with Crippen molar-refractivity contribution < 1.29 is 4.39 Å². The van der Waals surface area contributed by atoms with Crippen molar-refractivity contribution in [2.45, 2.75) is 22.8 Å². The van der Waals surface area contributed by atoms with E-state index in [0.717, 1.165) is 15.4 Å². The fraction of sp³-hybridized carbons (Fsp3) is 0.143. The van der Waals surface area contributed by atoms with Gasteiger partial charge >= 0.3 is 0 Å². The van der Waals surface area contributed by atoms with Crippen LogP contribution in [0, 0.1) is 5.82 Å². The van der Waals surface area contributed by atoms with Gasteiger partial charge in [-0.1, -0.05) is 36.0 Å². The van der Waals surface area contributed by atoms with Crippen molar-refractivity contribution in [2.75, 3.05) is 0 Å². The molecule has 88 valence electrons. The third-order valence-corrected chi connectivity index (χ3v) is 3.51. The van der Waals surface area contributed by atoms with Gasteiger partial charge in [-0.3, -0.25) is 0 Å². The number of halogens is 1. The molecule has 2 aromatic rings. The van der Waals surface area contributed by atoms with E-state index in [9.17, 15) is 4.39 Å². The lowest BCUT2D eigenvalue weighted by Gasteiger charge is -2.11. The van der Waals surface area contributed by atoms with Gasteiger partial charge in [0.25, 0.3) is 0 Å². The van der Waals surface area contributed by atoms with Gasteiger partial charge in [0.05, 0.1) is 0 Å². The van der Waals surface area contributed by atoms with Crippen molar-refractivity contribution in [2.24, 2.45) is 5.73 Å². The van der Waals surface area contributed by atoms with E-state index in [-0.39, 0.29) is 11.9 Å². The lowest BCUT2D eigenvalue weighted by molar-refractivity contribution is 0.624. The molecule has 1 atom stereocenters. The van der Waals surface area contributed by atoms with Crippen LogP contribution in [0.5, 0.6) is 0 Å². The molecule has 2 N–H and O–H groups in total. The summed E-state index contributed by atoms with van der Waals surface area (Å²) in [6.07, 6.45) is 0. The molecule has 0 saturated heterocycles. The first kappa shape index (κ1) is 12.1. The summed E-state index contributed by atoms with van der Waals surface area (Å²) in [4.78, 5) is 1.96. The second-order valence-electron chi connectivity index (χ2n) is 3.89. The lowest BCUT2D eigenvalue weighted by Crippen LogP contribution is -2.05. The Kier molecular flexibility index (Phi) is 3.82. The number of benzene rings is 2. The summed E-state index contributed by atoms with van der Waals surface area (Å²) < 4.78 is 13.1. The standard InChI is InChI=1S/C14H14FNS/c1-10(16)13-7-2-3-8-14(13)17-12-6-4-5-11(15)9-12/h2-10H,16H2,1H3/t10-/m1/s1. The van der Waals surface area contributed by atoms with Gasteiger partial charge in [0.1, 0.15) is 5.82 Å². The zero-order chi connectivity index (χ0) is 12.3. The van der Waals surface area contributed by atoms with Crippen molar-refractivity contribution in [1.82, 2.24) is 0 Å². The molecule has 3 heteroatoms. The molecule has 2 rings (SSSR count). The van der Waals surface area contributed by atoms with Crippen molar-refractivity contribution in [3.05, 3.63) is 59.9 Å². The maximum absolute atomic E-state index is 13.1. The van der Waals surface area contributed by atoms with Crippen LogP contribution >= 0.6 is 11.8 Å². The Labute approximate surface area is 105 Å². The SMILES string of the molecule is C[C@@H](N)c1ccccc1Sc1cccc(F)c1. The van der Waals surface area contributed by atoms with Gasteiger partial charge in [-0.25, -0.2) is 4.39 Å². The summed E-state index contributed by atoms with van der Waals surface area (Å²) in [5, 5.41) is 0. The highest BCUT2D eigenvalue weighted by Crippen LogP contribution is 2.32. The Morgan fingerprint density at radius 3 is 2.59 bits per heavy atom. The lowest BCUT2D eigenvalue weighted by atomic mass is 10.1. The molecule has 0 aliphatic heterocycles. The summed E-state index contributed by atoms with van der Waals surface area (Å²) in [6.45, 7) is 1.95. The van der Waals surface area contributed by atoms with E-state index in [1.807, 2.05) is 37.3 Å². The first-order valence-corrected chi connectivity index (χ1v) is 6.26. The summed E-state index contributed by atoms with van der Waals surface area (Å²) in [7, 11) is 0. The number of nitrogens with two attached hydrogens (primary N) is 1. The third kappa shape index (κ3) is 3.08. The van der Waals surface area contributed by atoms with E-state index < -0.39 is 0 Å². The molecular formula is C14H14FNS. The summed E-state index contributed by atoms with van der Waals surface area (Å²) in [5.74, 6) is -0.215. The molecule has 0 unspecified atom stereocenters. The molecule has 17 heavy (non-hydrogen) atoms. The van der Waals surface area contributed by atoms with Crippen molar-refractivity contribution >= 4 is 11.8 Å². The maximum Gasteiger partial charge on any atom is 0.124 e. The molecule has 0 spiro atoms. The van der Waals surface area contributed by atoms with E-state index in [1.165, 1.54) is 23.9 Å². The normalized spacial score (nSPS) is 12.4. The van der Waals surface area contributed by atoms with E-state index in [4.69, 9.17) is 5.73 Å². The number of hydrogen-bond acceptors (Lipinski definition) is 2. The van der Waals surface area contributed by atoms with Crippen LogP contribution in [0.2, 0.25) is 0 Å². The van der Waals surface area contributed by atoms with Crippen LogP contribution in [0.4, 0.5) is 4.39 Å². The highest BCUT2D eigenvalue weighted by molar-refractivity contribution is 7.99. The van der Waals surface area contributed by atoms with Crippen LogP contribution in [-0.2, 0) is 0 Å². The molecule has 0 fully saturated rings. The minimum absolute atomic E-state index is 0.0211. The Morgan fingerprint density at radius 1 is 1.12 bits per heavy atom. The van der Waals surface area contributed by atoms with Gasteiger partial charge < -0.3 is 5.73 Å². The Morgan fingerprint density at radius 2 is 1.88 bits per heavy atom. The monoisotopic (exact) mass is 247 g/mol. The zero-order valence-electron chi connectivity index (χ0n) is 9.56. The summed E-state index contributed by atoms with van der Waals surface area (Å²) in [5.41, 5.74) is 7.00. The third-order valence-electron chi connectivity index (χ3n) is 2.43. The Hall–Kier alpha value is -1.32. The molecule has 0 saturated carbocycles. The minimum Gasteiger partial charge on any atom is -0.324 e. The van der Waals surface area contributed by atoms with E-state index in [1.54, 1.807) is 6.07 Å². The zero-order valence-corrected chi connectivity index (χ0v) is 10.4. The van der Waals surface area contributed by atoms with Crippen molar-refractivity contribution in [1.29, 1.82) is 0 Å². The molecule has 0 aromatic heterocycles. The second kappa shape index (κ2) is 5.34. The van der Waals surface area contributed by atoms with Crippen LogP contribution in [0.25, 0.3) is 0 Å². The molecular weight excluding hydrogens is 233 g/mol. The quantitative estimate of drug-likeness (QED) is 0.887. The Balaban J connectivity index is 2.30. The molecule has 0 aliphatic rings. The van der Waals surface area contributed by atoms with Crippen LogP contribution in [-0.4, -0.2) is 0 Å². The van der Waals surface area contributed by atoms with Gasteiger partial charge in [-0.05, 0) is 36.8 Å². The second-order valence-corrected chi connectivity index (χ2v) is 5.00. The fourth-order valence-electron chi connectivity index (χ4n) is 1.61. The minimum atomic E-state index is -0.215. The maximum atomic E-state index is 13.1. The van der Waals surface area contributed by atoms with Gasteiger partial charge in [0, 0.05) is 15.8 Å². The highest BCUT2D eigenvalue weighted by atomic mass is 32.2. The van der Waals surface area contributed by atoms with Crippen molar-refractivity contribution in [3.63, 3.8) is 0 Å². The summed E-state index contributed by atoms with van der Waals surface area (Å²) in [6, 6.07) is 14.5. The van der Waals surface area contributed by atoms with E-state index >= 15 is 0 Å². The smallest absolute Gasteiger partial charge is 0.124 e. The van der Waals surface area contributed by atoms with Crippen LogP contribution in [0.3, 0.4) is 0 Å². The summed E-state index contributed by atoms with van der Waals surface area (Å²) >= 11 is 1.54. The van der Waals surface area contributed by atoms with Crippen LogP contribution < -0.4 is 5.73 Å². The Bertz CT molecular complexity index is 511. The molecule has 0 amide bonds. The topological polar surface area (TPSA) is 26.0 Å². The fourth-order valence-corrected chi connectivity index (χ4v) is 2.70. The van der Waals surface area contributed by atoms with Gasteiger partial charge in [0.15, 0.2) is 0 Å². The molecule has 0 radical (unpaired) electrons. The first-order valence-electron chi connectivity index (χ1n) is 5.45. The van der Waals surface area contributed by atoms with Gasteiger partial charge in [0.2, 0.25) is 0 Å². The van der Waals surface area contributed by atoms with Crippen LogP contribution in [0.15, 0.2) is 58.3 Å². The van der Waals surface area contributed by atoms with E-state index in [0.29, 0.717) is 0 Å². The predicted octanol–water partition coefficient (Wildman–Crippen LogP) is 4.00. The van der Waals surface area contributed by atoms with Crippen LogP contribution in [0.1, 0.15) is 18.5 Å². The molecule has 0 heterocycles. The van der Waals surface area contributed by atoms with E-state index in [2.05, 4.69) is 0 Å². The highest BCUT2D eigenvalue weighted by Gasteiger charge is 2.07. The number of rotatable bonds is 3. The van der Waals surface area contributed by atoms with Gasteiger partial charge in [-0.15, -0.1) is 0 Å². The average Bonchev–Trinajstić information content (AvgIpc) is 2.29. The predicted molar refractivity (Wildman–Crippen MR) is 69.6 cm³/mol. The molecule has 0 bridgehead atoms. The molecule has 2 aromatic carbocycles. The average molecular weight is 247 g/mol. The van der Waals surface area contributed by atoms with Gasteiger partial charge in [-0.2, -0.15) is 0 Å². The molecule has 1 nitrogen and oxygen atoms in total. The largest absolute Gasteiger partial charge is 0.324 e. The number of hydrogen-bond donors (Lipinski definition) is 1. The first-order chi connectivity index (χ1) is 8.16. The van der Waals surface area contributed by atoms with Crippen molar-refractivity contribution in [3.8, 4) is 0 Å². The molecule has 0 aliphatic carbocycles.